The number of nitrogens with one attached hydrogen (secondary N) is 1. The summed E-state index contributed by atoms with van der Waals surface area (Å²) in [5, 5.41) is -0.153. The van der Waals surface area contributed by atoms with Crippen LogP contribution in [0.3, 0.4) is 0 Å². The molecule has 3 N–H and O–H groups in total. The third kappa shape index (κ3) is 3.75. The number of methoxy groups -OCH3 is 1. The number of rotatable bonds is 4. The van der Waals surface area contributed by atoms with Gasteiger partial charge in [-0.25, -0.2) is 0 Å². The van der Waals surface area contributed by atoms with Gasteiger partial charge in [-0.2, -0.15) is 13.2 Å². The molecule has 0 aliphatic rings. The summed E-state index contributed by atoms with van der Waals surface area (Å²) in [5.41, 5.74) is 2.09. The molecule has 0 saturated carbocycles. The molecule has 4 nitrogen and oxygen atoms in total. The normalized spacial score (nSPS) is 11.2. The van der Waals surface area contributed by atoms with Crippen molar-refractivity contribution in [2.75, 3.05) is 12.5 Å². The summed E-state index contributed by atoms with van der Waals surface area (Å²) >= 11 is 5.84. The predicted molar refractivity (Wildman–Crippen MR) is 77.3 cm³/mol. The Bertz CT molecular complexity index is 655. The molecule has 0 saturated heterocycles. The van der Waals surface area contributed by atoms with E-state index in [0.717, 1.165) is 18.2 Å². The SMILES string of the molecule is COc1cc(NN)cc(Oc2ccc(C(F)(F)F)cc2Cl)c1. The molecule has 0 atom stereocenters. The van der Waals surface area contributed by atoms with Crippen LogP contribution >= 0.6 is 11.6 Å². The van der Waals surface area contributed by atoms with Crippen LogP contribution in [0.2, 0.25) is 5.02 Å². The van der Waals surface area contributed by atoms with Gasteiger partial charge in [0.25, 0.3) is 0 Å². The zero-order chi connectivity index (χ0) is 16.3. The van der Waals surface area contributed by atoms with E-state index in [-0.39, 0.29) is 10.8 Å². The van der Waals surface area contributed by atoms with E-state index in [1.54, 1.807) is 18.2 Å². The lowest BCUT2D eigenvalue weighted by Gasteiger charge is -2.13. The Morgan fingerprint density at radius 1 is 1.09 bits per heavy atom. The van der Waals surface area contributed by atoms with E-state index in [2.05, 4.69) is 5.43 Å². The maximum atomic E-state index is 12.6. The van der Waals surface area contributed by atoms with E-state index in [4.69, 9.17) is 26.9 Å². The Balaban J connectivity index is 2.31. The van der Waals surface area contributed by atoms with Crippen LogP contribution < -0.4 is 20.7 Å². The molecular formula is C14H12ClF3N2O2. The minimum atomic E-state index is -4.46. The van der Waals surface area contributed by atoms with Gasteiger partial charge in [-0.1, -0.05) is 11.6 Å². The van der Waals surface area contributed by atoms with Crippen LogP contribution in [0.15, 0.2) is 36.4 Å². The molecule has 8 heteroatoms. The van der Waals surface area contributed by atoms with Gasteiger partial charge >= 0.3 is 6.18 Å². The summed E-state index contributed by atoms with van der Waals surface area (Å²) < 4.78 is 48.3. The minimum absolute atomic E-state index is 0.0888. The first-order valence-electron chi connectivity index (χ1n) is 6.04. The molecule has 2 aromatic rings. The fourth-order valence-corrected chi connectivity index (χ4v) is 1.94. The molecule has 0 aliphatic carbocycles. The average Bonchev–Trinajstić information content (AvgIpc) is 2.47. The van der Waals surface area contributed by atoms with Crippen molar-refractivity contribution in [3.05, 3.63) is 47.0 Å². The van der Waals surface area contributed by atoms with Crippen LogP contribution in [0.1, 0.15) is 5.56 Å². The lowest BCUT2D eigenvalue weighted by molar-refractivity contribution is -0.137. The second kappa shape index (κ2) is 6.33. The van der Waals surface area contributed by atoms with Crippen LogP contribution in [0, 0.1) is 0 Å². The van der Waals surface area contributed by atoms with E-state index < -0.39 is 11.7 Å². The van der Waals surface area contributed by atoms with Gasteiger partial charge in [0, 0.05) is 18.2 Å². The monoisotopic (exact) mass is 332 g/mol. The highest BCUT2D eigenvalue weighted by atomic mass is 35.5. The second-order valence-corrected chi connectivity index (χ2v) is 4.69. The Hall–Kier alpha value is -2.12. The molecule has 22 heavy (non-hydrogen) atoms. The molecule has 0 unspecified atom stereocenters. The number of anilines is 1. The Morgan fingerprint density at radius 3 is 2.32 bits per heavy atom. The molecular weight excluding hydrogens is 321 g/mol. The van der Waals surface area contributed by atoms with Crippen molar-refractivity contribution in [3.63, 3.8) is 0 Å². The van der Waals surface area contributed by atoms with Crippen LogP contribution in [0.5, 0.6) is 17.2 Å². The van der Waals surface area contributed by atoms with Gasteiger partial charge in [-0.15, -0.1) is 0 Å². The Labute approximate surface area is 129 Å². The molecule has 118 valence electrons. The lowest BCUT2D eigenvalue weighted by Crippen LogP contribution is -2.07. The first-order valence-corrected chi connectivity index (χ1v) is 6.41. The molecule has 0 aliphatic heterocycles. The quantitative estimate of drug-likeness (QED) is 0.641. The topological polar surface area (TPSA) is 56.5 Å². The number of hydrogen-bond donors (Lipinski definition) is 2. The third-order valence-electron chi connectivity index (χ3n) is 2.77. The summed E-state index contributed by atoms with van der Waals surface area (Å²) in [7, 11) is 1.46. The van der Waals surface area contributed by atoms with Crippen molar-refractivity contribution in [1.82, 2.24) is 0 Å². The van der Waals surface area contributed by atoms with Crippen molar-refractivity contribution in [3.8, 4) is 17.2 Å². The van der Waals surface area contributed by atoms with E-state index >= 15 is 0 Å². The van der Waals surface area contributed by atoms with Gasteiger partial charge in [0.15, 0.2) is 0 Å². The standard InChI is InChI=1S/C14H12ClF3N2O2/c1-21-10-5-9(20-19)6-11(7-10)22-13-3-2-8(4-12(13)15)14(16,17)18/h2-7,20H,19H2,1H3. The van der Waals surface area contributed by atoms with Gasteiger partial charge in [0.1, 0.15) is 17.2 Å². The first-order chi connectivity index (χ1) is 10.3. The summed E-state index contributed by atoms with van der Waals surface area (Å²) in [5.74, 6) is 6.19. The molecule has 2 aromatic carbocycles. The Kier molecular flexibility index (Phi) is 4.68. The van der Waals surface area contributed by atoms with Gasteiger partial charge in [0.2, 0.25) is 0 Å². The van der Waals surface area contributed by atoms with Gasteiger partial charge in [-0.05, 0) is 18.2 Å². The molecule has 0 bridgehead atoms. The number of hydrazine groups is 1. The Morgan fingerprint density at radius 2 is 1.77 bits per heavy atom. The van der Waals surface area contributed by atoms with Crippen LogP contribution in [0.4, 0.5) is 18.9 Å². The number of hydrogen-bond acceptors (Lipinski definition) is 4. The van der Waals surface area contributed by atoms with Crippen molar-refractivity contribution in [1.29, 1.82) is 0 Å². The van der Waals surface area contributed by atoms with E-state index in [9.17, 15) is 13.2 Å². The number of halogens is 4. The smallest absolute Gasteiger partial charge is 0.416 e. The molecule has 0 radical (unpaired) electrons. The molecule has 2 rings (SSSR count). The second-order valence-electron chi connectivity index (χ2n) is 4.29. The van der Waals surface area contributed by atoms with Crippen molar-refractivity contribution in [2.45, 2.75) is 6.18 Å². The fraction of sp³-hybridized carbons (Fsp3) is 0.143. The third-order valence-corrected chi connectivity index (χ3v) is 3.06. The highest BCUT2D eigenvalue weighted by Gasteiger charge is 2.31. The fourth-order valence-electron chi connectivity index (χ4n) is 1.72. The van der Waals surface area contributed by atoms with Crippen LogP contribution in [-0.4, -0.2) is 7.11 Å². The van der Waals surface area contributed by atoms with E-state index in [1.165, 1.54) is 7.11 Å². The lowest BCUT2D eigenvalue weighted by atomic mass is 10.2. The van der Waals surface area contributed by atoms with Crippen LogP contribution in [-0.2, 0) is 6.18 Å². The molecule has 0 amide bonds. The summed E-state index contributed by atoms with van der Waals surface area (Å²) in [6.07, 6.45) is -4.46. The highest BCUT2D eigenvalue weighted by Crippen LogP contribution is 2.37. The van der Waals surface area contributed by atoms with Crippen molar-refractivity contribution in [2.24, 2.45) is 5.84 Å². The minimum Gasteiger partial charge on any atom is -0.497 e. The number of alkyl halides is 3. The summed E-state index contributed by atoms with van der Waals surface area (Å²) in [4.78, 5) is 0. The summed E-state index contributed by atoms with van der Waals surface area (Å²) in [6, 6.07) is 7.58. The number of ether oxygens (including phenoxy) is 2. The zero-order valence-corrected chi connectivity index (χ0v) is 12.1. The number of nitrogen functional groups attached to an aromatic ring is 1. The molecule has 0 heterocycles. The number of benzene rings is 2. The zero-order valence-electron chi connectivity index (χ0n) is 11.4. The van der Waals surface area contributed by atoms with E-state index in [1.807, 2.05) is 0 Å². The molecule has 0 aromatic heterocycles. The molecule has 0 spiro atoms. The predicted octanol–water partition coefficient (Wildman–Crippen LogP) is 4.45. The van der Waals surface area contributed by atoms with Crippen molar-refractivity contribution < 1.29 is 22.6 Å². The van der Waals surface area contributed by atoms with Gasteiger partial charge in [-0.3, -0.25) is 5.84 Å². The van der Waals surface area contributed by atoms with E-state index in [0.29, 0.717) is 17.2 Å². The largest absolute Gasteiger partial charge is 0.497 e. The average molecular weight is 333 g/mol. The summed E-state index contributed by atoms with van der Waals surface area (Å²) in [6.45, 7) is 0. The van der Waals surface area contributed by atoms with Crippen LogP contribution in [0.25, 0.3) is 0 Å². The maximum absolute atomic E-state index is 12.6. The highest BCUT2D eigenvalue weighted by molar-refractivity contribution is 6.32. The molecule has 0 fully saturated rings. The van der Waals surface area contributed by atoms with Crippen molar-refractivity contribution >= 4 is 17.3 Å². The first kappa shape index (κ1) is 16.3. The van der Waals surface area contributed by atoms with Gasteiger partial charge in [0.05, 0.1) is 23.4 Å². The number of nitrogens with two attached hydrogens (primary N) is 1. The van der Waals surface area contributed by atoms with Gasteiger partial charge < -0.3 is 14.9 Å². The maximum Gasteiger partial charge on any atom is 0.416 e.